The SMILES string of the molecule is CCOC(=O)C(CC)Sc1cnc(NC(=O)N2CC3(CCN(C)C3)c3cc(Cl)ccc32)s1. The Morgan fingerprint density at radius 1 is 1.38 bits per heavy atom. The Bertz CT molecular complexity index is 1020. The first-order valence-corrected chi connectivity index (χ1v) is 12.8. The second-order valence-electron chi connectivity index (χ2n) is 8.20. The zero-order valence-corrected chi connectivity index (χ0v) is 20.8. The first kappa shape index (κ1) is 23.4. The maximum absolute atomic E-state index is 13.2. The van der Waals surface area contributed by atoms with Gasteiger partial charge in [0.1, 0.15) is 5.25 Å². The van der Waals surface area contributed by atoms with Crippen molar-refractivity contribution >= 4 is 57.5 Å². The van der Waals surface area contributed by atoms with Gasteiger partial charge in [-0.3, -0.25) is 15.0 Å². The maximum atomic E-state index is 13.2. The number of nitrogens with zero attached hydrogens (tertiary/aromatic N) is 3. The summed E-state index contributed by atoms with van der Waals surface area (Å²) in [5, 5.41) is 3.86. The predicted octanol–water partition coefficient (Wildman–Crippen LogP) is 4.86. The van der Waals surface area contributed by atoms with Crippen LogP contribution in [0.2, 0.25) is 5.02 Å². The summed E-state index contributed by atoms with van der Waals surface area (Å²) in [6.45, 7) is 6.62. The molecule has 32 heavy (non-hydrogen) atoms. The molecule has 0 bridgehead atoms. The normalized spacial score (nSPS) is 21.1. The number of fused-ring (bicyclic) bond motifs is 2. The number of likely N-dealkylation sites (N-methyl/N-ethyl adjacent to an activating group) is 1. The van der Waals surface area contributed by atoms with Gasteiger partial charge >= 0.3 is 12.0 Å². The summed E-state index contributed by atoms with van der Waals surface area (Å²) in [6, 6.07) is 5.56. The summed E-state index contributed by atoms with van der Waals surface area (Å²) in [5.41, 5.74) is 1.95. The molecule has 2 aliphatic heterocycles. The number of carbonyl (C=O) groups is 2. The Morgan fingerprint density at radius 3 is 2.88 bits per heavy atom. The second-order valence-corrected chi connectivity index (χ2v) is 11.2. The molecule has 2 atom stereocenters. The van der Waals surface area contributed by atoms with Gasteiger partial charge in [0.05, 0.1) is 17.0 Å². The molecule has 2 aromatic rings. The van der Waals surface area contributed by atoms with Crippen molar-refractivity contribution in [1.82, 2.24) is 9.88 Å². The van der Waals surface area contributed by atoms with E-state index in [9.17, 15) is 9.59 Å². The average molecular weight is 495 g/mol. The first-order valence-electron chi connectivity index (χ1n) is 10.7. The molecular formula is C22H27ClN4O3S2. The van der Waals surface area contributed by atoms with Crippen LogP contribution >= 0.6 is 34.7 Å². The van der Waals surface area contributed by atoms with E-state index in [2.05, 4.69) is 22.2 Å². The number of halogens is 1. The number of likely N-dealkylation sites (tertiary alicyclic amines) is 1. The van der Waals surface area contributed by atoms with E-state index in [4.69, 9.17) is 16.3 Å². The molecular weight excluding hydrogens is 468 g/mol. The van der Waals surface area contributed by atoms with Crippen LogP contribution in [0.15, 0.2) is 28.6 Å². The van der Waals surface area contributed by atoms with Crippen molar-refractivity contribution in [3.05, 3.63) is 35.0 Å². The molecule has 10 heteroatoms. The van der Waals surface area contributed by atoms with Crippen LogP contribution in [0.1, 0.15) is 32.3 Å². The molecule has 172 valence electrons. The number of carbonyl (C=O) groups excluding carboxylic acids is 2. The minimum Gasteiger partial charge on any atom is -0.465 e. The molecule has 0 saturated carbocycles. The summed E-state index contributed by atoms with van der Waals surface area (Å²) in [5.74, 6) is -0.224. The van der Waals surface area contributed by atoms with Crippen molar-refractivity contribution in [3.8, 4) is 0 Å². The lowest BCUT2D eigenvalue weighted by atomic mass is 9.81. The Labute approximate surface area is 201 Å². The Morgan fingerprint density at radius 2 is 2.19 bits per heavy atom. The number of thioether (sulfide) groups is 1. The summed E-state index contributed by atoms with van der Waals surface area (Å²) >= 11 is 9.08. The molecule has 1 N–H and O–H groups in total. The molecule has 1 saturated heterocycles. The van der Waals surface area contributed by atoms with E-state index in [1.54, 1.807) is 18.0 Å². The number of urea groups is 1. The van der Waals surface area contributed by atoms with Gasteiger partial charge in [-0.1, -0.05) is 41.6 Å². The summed E-state index contributed by atoms with van der Waals surface area (Å²) in [6.07, 6.45) is 3.34. The zero-order chi connectivity index (χ0) is 22.9. The lowest BCUT2D eigenvalue weighted by Gasteiger charge is -2.25. The van der Waals surface area contributed by atoms with Gasteiger partial charge in [-0.25, -0.2) is 9.78 Å². The number of nitrogens with one attached hydrogen (secondary N) is 1. The van der Waals surface area contributed by atoms with E-state index in [1.807, 2.05) is 25.1 Å². The van der Waals surface area contributed by atoms with Gasteiger partial charge in [0.15, 0.2) is 5.13 Å². The number of benzene rings is 1. The predicted molar refractivity (Wildman–Crippen MR) is 130 cm³/mol. The number of rotatable bonds is 6. The number of anilines is 2. The molecule has 1 spiro atoms. The van der Waals surface area contributed by atoms with Crippen LogP contribution in [0, 0.1) is 0 Å². The third kappa shape index (κ3) is 4.62. The smallest absolute Gasteiger partial charge is 0.328 e. The molecule has 2 unspecified atom stereocenters. The maximum Gasteiger partial charge on any atom is 0.328 e. The largest absolute Gasteiger partial charge is 0.465 e. The van der Waals surface area contributed by atoms with Gasteiger partial charge in [-0.15, -0.1) is 0 Å². The van der Waals surface area contributed by atoms with Gasteiger partial charge in [0, 0.05) is 29.2 Å². The zero-order valence-electron chi connectivity index (χ0n) is 18.4. The minimum absolute atomic E-state index is 0.0931. The Hall–Kier alpha value is -1.81. The van der Waals surface area contributed by atoms with Crippen LogP contribution in [0.25, 0.3) is 0 Å². The highest BCUT2D eigenvalue weighted by Gasteiger charge is 2.48. The van der Waals surface area contributed by atoms with Gasteiger partial charge in [-0.05, 0) is 57.1 Å². The molecule has 2 amide bonds. The van der Waals surface area contributed by atoms with Crippen molar-refractivity contribution in [2.24, 2.45) is 0 Å². The van der Waals surface area contributed by atoms with Crippen LogP contribution in [0.4, 0.5) is 15.6 Å². The molecule has 0 aliphatic carbocycles. The van der Waals surface area contributed by atoms with Crippen LogP contribution in [-0.4, -0.2) is 60.4 Å². The highest BCUT2D eigenvalue weighted by atomic mass is 35.5. The third-order valence-electron chi connectivity index (χ3n) is 5.95. The number of amides is 2. The van der Waals surface area contributed by atoms with Crippen LogP contribution in [0.5, 0.6) is 0 Å². The molecule has 2 aliphatic rings. The average Bonchev–Trinajstić information content (AvgIpc) is 3.45. The lowest BCUT2D eigenvalue weighted by Crippen LogP contribution is -2.40. The molecule has 1 fully saturated rings. The van der Waals surface area contributed by atoms with E-state index >= 15 is 0 Å². The fourth-order valence-electron chi connectivity index (χ4n) is 4.46. The second kappa shape index (κ2) is 9.59. The van der Waals surface area contributed by atoms with E-state index in [0.29, 0.717) is 29.7 Å². The number of esters is 1. The van der Waals surface area contributed by atoms with E-state index < -0.39 is 0 Å². The van der Waals surface area contributed by atoms with Crippen LogP contribution < -0.4 is 10.2 Å². The highest BCUT2D eigenvalue weighted by Crippen LogP contribution is 2.47. The Kier molecular flexibility index (Phi) is 7.00. The third-order valence-corrected chi connectivity index (χ3v) is 8.58. The monoisotopic (exact) mass is 494 g/mol. The number of thiazole rings is 1. The van der Waals surface area contributed by atoms with Crippen molar-refractivity contribution in [1.29, 1.82) is 0 Å². The van der Waals surface area contributed by atoms with E-state index in [0.717, 1.165) is 35.0 Å². The molecule has 0 radical (unpaired) electrons. The highest BCUT2D eigenvalue weighted by molar-refractivity contribution is 8.02. The molecule has 4 rings (SSSR count). The fraction of sp³-hybridized carbons (Fsp3) is 0.500. The molecule has 1 aromatic carbocycles. The van der Waals surface area contributed by atoms with Gasteiger partial charge in [0.25, 0.3) is 0 Å². The van der Waals surface area contributed by atoms with Crippen molar-refractivity contribution in [3.63, 3.8) is 0 Å². The van der Waals surface area contributed by atoms with Crippen molar-refractivity contribution in [2.75, 3.05) is 43.5 Å². The van der Waals surface area contributed by atoms with Crippen LogP contribution in [-0.2, 0) is 14.9 Å². The summed E-state index contributed by atoms with van der Waals surface area (Å²) in [4.78, 5) is 33.7. The summed E-state index contributed by atoms with van der Waals surface area (Å²) < 4.78 is 6.00. The number of hydrogen-bond acceptors (Lipinski definition) is 7. The van der Waals surface area contributed by atoms with Gasteiger partial charge in [0.2, 0.25) is 0 Å². The molecule has 1 aromatic heterocycles. The van der Waals surface area contributed by atoms with Crippen molar-refractivity contribution in [2.45, 2.75) is 41.6 Å². The topological polar surface area (TPSA) is 74.8 Å². The van der Waals surface area contributed by atoms with E-state index in [-0.39, 0.29) is 22.7 Å². The van der Waals surface area contributed by atoms with E-state index in [1.165, 1.54) is 23.1 Å². The standard InChI is InChI=1S/C22H27ClN4O3S2/c1-4-17(19(28)30-5-2)31-18-11-24-20(32-18)25-21(29)27-13-22(8-9-26(3)12-22)15-10-14(23)6-7-16(15)27/h6-7,10-11,17H,4-5,8-9,12-13H2,1-3H3,(H,24,25,29). The number of aromatic nitrogens is 1. The van der Waals surface area contributed by atoms with Crippen LogP contribution in [0.3, 0.4) is 0 Å². The molecule has 7 nitrogen and oxygen atoms in total. The molecule has 3 heterocycles. The van der Waals surface area contributed by atoms with Crippen molar-refractivity contribution < 1.29 is 14.3 Å². The lowest BCUT2D eigenvalue weighted by molar-refractivity contribution is -0.142. The van der Waals surface area contributed by atoms with Gasteiger partial charge < -0.3 is 9.64 Å². The number of ether oxygens (including phenoxy) is 1. The number of hydrogen-bond donors (Lipinski definition) is 1. The minimum atomic E-state index is -0.284. The first-order chi connectivity index (χ1) is 15.3. The van der Waals surface area contributed by atoms with Gasteiger partial charge in [-0.2, -0.15) is 0 Å². The fourth-order valence-corrected chi connectivity index (χ4v) is 6.67. The summed E-state index contributed by atoms with van der Waals surface area (Å²) in [7, 11) is 2.11. The Balaban J connectivity index is 1.48. The quantitative estimate of drug-likeness (QED) is 0.456.